The number of nitrogens with zero attached hydrogens (tertiary/aromatic N) is 1. The second-order valence-electron chi connectivity index (χ2n) is 5.12. The van der Waals surface area contributed by atoms with Gasteiger partial charge in [-0.2, -0.15) is 0 Å². The van der Waals surface area contributed by atoms with E-state index in [2.05, 4.69) is 15.0 Å². The van der Waals surface area contributed by atoms with Crippen LogP contribution in [0.25, 0.3) is 0 Å². The zero-order chi connectivity index (χ0) is 15.6. The van der Waals surface area contributed by atoms with Gasteiger partial charge in [0, 0.05) is 17.8 Å². The predicted octanol–water partition coefficient (Wildman–Crippen LogP) is 1.77. The summed E-state index contributed by atoms with van der Waals surface area (Å²) in [4.78, 5) is 16.2. The van der Waals surface area contributed by atoms with Crippen LogP contribution in [0.5, 0.6) is 0 Å². The first-order chi connectivity index (χ1) is 10.5. The molecule has 0 radical (unpaired) electrons. The van der Waals surface area contributed by atoms with Crippen molar-refractivity contribution in [3.63, 3.8) is 0 Å². The lowest BCUT2D eigenvalue weighted by Gasteiger charge is -2.08. The Morgan fingerprint density at radius 2 is 2.00 bits per heavy atom. The number of carbonyl (C=O) groups is 1. The molecule has 1 fully saturated rings. The minimum absolute atomic E-state index is 0.0258. The summed E-state index contributed by atoms with van der Waals surface area (Å²) in [5.74, 6) is -0.378. The summed E-state index contributed by atoms with van der Waals surface area (Å²) in [7, 11) is -3.57. The maximum atomic E-state index is 12.2. The van der Waals surface area contributed by atoms with Gasteiger partial charge in [-0.1, -0.05) is 6.07 Å². The second-order valence-corrected chi connectivity index (χ2v) is 6.83. The largest absolute Gasteiger partial charge is 0.321 e. The monoisotopic (exact) mass is 317 g/mol. The molecule has 1 saturated carbocycles. The number of amides is 1. The maximum absolute atomic E-state index is 12.2. The van der Waals surface area contributed by atoms with Crippen LogP contribution in [0.3, 0.4) is 0 Å². The molecule has 0 saturated heterocycles. The molecular weight excluding hydrogens is 302 g/mol. The van der Waals surface area contributed by atoms with Gasteiger partial charge in [-0.3, -0.25) is 9.78 Å². The second kappa shape index (κ2) is 5.86. The van der Waals surface area contributed by atoms with E-state index < -0.39 is 10.0 Å². The smallest absolute Gasteiger partial charge is 0.255 e. The van der Waals surface area contributed by atoms with Gasteiger partial charge in [0.05, 0.1) is 16.8 Å². The first kappa shape index (κ1) is 14.7. The Balaban J connectivity index is 1.80. The lowest BCUT2D eigenvalue weighted by atomic mass is 10.2. The summed E-state index contributed by atoms with van der Waals surface area (Å²) in [5.41, 5.74) is 0.833. The predicted molar refractivity (Wildman–Crippen MR) is 82.0 cm³/mol. The molecule has 114 valence electrons. The highest BCUT2D eigenvalue weighted by Crippen LogP contribution is 2.22. The van der Waals surface area contributed by atoms with Crippen LogP contribution in [0.2, 0.25) is 0 Å². The highest BCUT2D eigenvalue weighted by atomic mass is 32.2. The number of hydrogen-bond donors (Lipinski definition) is 2. The molecule has 1 aliphatic carbocycles. The molecule has 2 N–H and O–H groups in total. The van der Waals surface area contributed by atoms with E-state index in [0.29, 0.717) is 5.69 Å². The number of aromatic nitrogens is 1. The molecule has 1 aromatic carbocycles. The summed E-state index contributed by atoms with van der Waals surface area (Å²) < 4.78 is 26.9. The van der Waals surface area contributed by atoms with Gasteiger partial charge in [-0.05, 0) is 43.2 Å². The van der Waals surface area contributed by atoms with Gasteiger partial charge in [-0.25, -0.2) is 13.1 Å². The van der Waals surface area contributed by atoms with E-state index in [1.807, 2.05) is 0 Å². The maximum Gasteiger partial charge on any atom is 0.255 e. The molecule has 6 nitrogen and oxygen atoms in total. The van der Waals surface area contributed by atoms with Crippen molar-refractivity contribution in [1.29, 1.82) is 0 Å². The van der Waals surface area contributed by atoms with E-state index in [4.69, 9.17) is 0 Å². The molecule has 1 aromatic heterocycles. The normalized spacial score (nSPS) is 14.5. The number of benzene rings is 1. The summed E-state index contributed by atoms with van der Waals surface area (Å²) >= 11 is 0. The van der Waals surface area contributed by atoms with E-state index in [1.54, 1.807) is 30.5 Å². The summed E-state index contributed by atoms with van der Waals surface area (Å²) in [6.45, 7) is 0. The van der Waals surface area contributed by atoms with Crippen molar-refractivity contribution in [2.45, 2.75) is 23.8 Å². The fourth-order valence-electron chi connectivity index (χ4n) is 1.93. The number of rotatable bonds is 5. The quantitative estimate of drug-likeness (QED) is 0.880. The van der Waals surface area contributed by atoms with E-state index in [0.717, 1.165) is 12.8 Å². The Hall–Kier alpha value is -2.25. The Labute approximate surface area is 128 Å². The van der Waals surface area contributed by atoms with Crippen LogP contribution in [0, 0.1) is 0 Å². The van der Waals surface area contributed by atoms with Gasteiger partial charge in [0.15, 0.2) is 0 Å². The molecule has 2 aromatic rings. The molecule has 0 atom stereocenters. The topological polar surface area (TPSA) is 88.2 Å². The molecule has 0 aliphatic heterocycles. The van der Waals surface area contributed by atoms with Gasteiger partial charge in [0.2, 0.25) is 10.0 Å². The Kier molecular flexibility index (Phi) is 3.91. The molecule has 3 rings (SSSR count). The molecule has 0 unspecified atom stereocenters. The van der Waals surface area contributed by atoms with E-state index in [-0.39, 0.29) is 22.4 Å². The van der Waals surface area contributed by atoms with Crippen molar-refractivity contribution in [2.24, 2.45) is 0 Å². The van der Waals surface area contributed by atoms with Crippen molar-refractivity contribution < 1.29 is 13.2 Å². The molecule has 1 aliphatic rings. The number of anilines is 1. The molecule has 7 heteroatoms. The molecule has 1 heterocycles. The lowest BCUT2D eigenvalue weighted by molar-refractivity contribution is 0.102. The molecule has 0 spiro atoms. The van der Waals surface area contributed by atoms with Crippen LogP contribution in [0.4, 0.5) is 5.69 Å². The summed E-state index contributed by atoms with van der Waals surface area (Å²) in [6, 6.07) is 9.41. The van der Waals surface area contributed by atoms with Gasteiger partial charge >= 0.3 is 0 Å². The SMILES string of the molecule is O=C(Nc1cccnc1)c1cccc(S(=O)(=O)NC2CC2)c1. The van der Waals surface area contributed by atoms with Crippen molar-refractivity contribution in [3.8, 4) is 0 Å². The molecular formula is C15H15N3O3S. The zero-order valence-corrected chi connectivity index (χ0v) is 12.5. The van der Waals surface area contributed by atoms with Crippen LogP contribution < -0.4 is 10.0 Å². The highest BCUT2D eigenvalue weighted by Gasteiger charge is 2.28. The number of nitrogens with one attached hydrogen (secondary N) is 2. The van der Waals surface area contributed by atoms with Crippen molar-refractivity contribution >= 4 is 21.6 Å². The number of hydrogen-bond acceptors (Lipinski definition) is 4. The van der Waals surface area contributed by atoms with Gasteiger partial charge in [-0.15, -0.1) is 0 Å². The Morgan fingerprint density at radius 3 is 2.68 bits per heavy atom. The molecule has 1 amide bonds. The Morgan fingerprint density at radius 1 is 1.18 bits per heavy atom. The van der Waals surface area contributed by atoms with Gasteiger partial charge in [0.1, 0.15) is 0 Å². The van der Waals surface area contributed by atoms with Crippen LogP contribution in [0.15, 0.2) is 53.7 Å². The van der Waals surface area contributed by atoms with Gasteiger partial charge < -0.3 is 5.32 Å². The first-order valence-electron chi connectivity index (χ1n) is 6.88. The summed E-state index contributed by atoms with van der Waals surface area (Å²) in [5, 5.41) is 2.67. The number of sulfonamides is 1. The first-order valence-corrected chi connectivity index (χ1v) is 8.37. The fraction of sp³-hybridized carbons (Fsp3) is 0.200. The van der Waals surface area contributed by atoms with Crippen molar-refractivity contribution in [3.05, 3.63) is 54.4 Å². The van der Waals surface area contributed by atoms with Gasteiger partial charge in [0.25, 0.3) is 5.91 Å². The molecule has 0 bridgehead atoms. The Bertz CT molecular complexity index is 787. The van der Waals surface area contributed by atoms with Crippen molar-refractivity contribution in [1.82, 2.24) is 9.71 Å². The van der Waals surface area contributed by atoms with Crippen LogP contribution in [-0.2, 0) is 10.0 Å². The number of carbonyl (C=O) groups excluding carboxylic acids is 1. The summed E-state index contributed by atoms with van der Waals surface area (Å²) in [6.07, 6.45) is 4.85. The van der Waals surface area contributed by atoms with E-state index in [9.17, 15) is 13.2 Å². The van der Waals surface area contributed by atoms with E-state index >= 15 is 0 Å². The van der Waals surface area contributed by atoms with Crippen LogP contribution in [0.1, 0.15) is 23.2 Å². The average molecular weight is 317 g/mol. The lowest BCUT2D eigenvalue weighted by Crippen LogP contribution is -2.26. The number of pyridine rings is 1. The minimum Gasteiger partial charge on any atom is -0.321 e. The van der Waals surface area contributed by atoms with Crippen LogP contribution in [-0.4, -0.2) is 25.4 Å². The minimum atomic E-state index is -3.57. The third-order valence-corrected chi connectivity index (χ3v) is 4.74. The van der Waals surface area contributed by atoms with Crippen LogP contribution >= 0.6 is 0 Å². The van der Waals surface area contributed by atoms with Crippen molar-refractivity contribution in [2.75, 3.05) is 5.32 Å². The third kappa shape index (κ3) is 3.49. The zero-order valence-electron chi connectivity index (χ0n) is 11.7. The fourth-order valence-corrected chi connectivity index (χ4v) is 3.28. The highest BCUT2D eigenvalue weighted by molar-refractivity contribution is 7.89. The standard InChI is InChI=1S/C15H15N3O3S/c19-15(17-13-4-2-8-16-10-13)11-3-1-5-14(9-11)22(20,21)18-12-6-7-12/h1-5,8-10,12,18H,6-7H2,(H,17,19). The van der Waals surface area contributed by atoms with E-state index in [1.165, 1.54) is 18.3 Å². The molecule has 22 heavy (non-hydrogen) atoms. The average Bonchev–Trinajstić information content (AvgIpc) is 3.32. The third-order valence-electron chi connectivity index (χ3n) is 3.23.